The molecule has 0 aromatic heterocycles. The molecule has 0 aliphatic heterocycles. The normalized spacial score (nSPS) is 26.6. The van der Waals surface area contributed by atoms with Gasteiger partial charge in [-0.3, -0.25) is 0 Å². The average molecular weight is 298 g/mol. The van der Waals surface area contributed by atoms with E-state index in [9.17, 15) is 8.42 Å². The lowest BCUT2D eigenvalue weighted by Gasteiger charge is -2.20. The van der Waals surface area contributed by atoms with E-state index in [0.717, 1.165) is 12.8 Å². The second kappa shape index (κ2) is 5.61. The molecule has 1 saturated carbocycles. The predicted octanol–water partition coefficient (Wildman–Crippen LogP) is 1.99. The fourth-order valence-electron chi connectivity index (χ4n) is 2.70. The SMILES string of the molecule is COc1cc(N)ccc1S(=O)(=O)NC1CCC(C)C1C. The molecule has 1 aliphatic carbocycles. The van der Waals surface area contributed by atoms with Gasteiger partial charge in [0.1, 0.15) is 10.6 Å². The summed E-state index contributed by atoms with van der Waals surface area (Å²) in [5.41, 5.74) is 6.13. The number of rotatable bonds is 4. The Morgan fingerprint density at radius 2 is 2.00 bits per heavy atom. The molecule has 1 aromatic rings. The Morgan fingerprint density at radius 3 is 2.55 bits per heavy atom. The Bertz CT molecular complexity index is 586. The summed E-state index contributed by atoms with van der Waals surface area (Å²) in [4.78, 5) is 0.140. The quantitative estimate of drug-likeness (QED) is 0.833. The first-order valence-corrected chi connectivity index (χ1v) is 8.29. The lowest BCUT2D eigenvalue weighted by Crippen LogP contribution is -2.37. The zero-order valence-corrected chi connectivity index (χ0v) is 12.9. The van der Waals surface area contributed by atoms with E-state index >= 15 is 0 Å². The minimum absolute atomic E-state index is 0.0164. The molecule has 1 aliphatic rings. The van der Waals surface area contributed by atoms with Crippen LogP contribution >= 0.6 is 0 Å². The molecule has 112 valence electrons. The number of nitrogens with two attached hydrogens (primary N) is 1. The first-order valence-electron chi connectivity index (χ1n) is 6.81. The summed E-state index contributed by atoms with van der Waals surface area (Å²) in [5.74, 6) is 1.15. The van der Waals surface area contributed by atoms with Crippen molar-refractivity contribution in [3.63, 3.8) is 0 Å². The molecule has 5 nitrogen and oxygen atoms in total. The summed E-state index contributed by atoms with van der Waals surface area (Å²) in [5, 5.41) is 0. The van der Waals surface area contributed by atoms with E-state index in [1.54, 1.807) is 6.07 Å². The van der Waals surface area contributed by atoms with E-state index < -0.39 is 10.0 Å². The molecule has 1 fully saturated rings. The van der Waals surface area contributed by atoms with Gasteiger partial charge in [0, 0.05) is 17.8 Å². The Kier molecular flexibility index (Phi) is 4.25. The van der Waals surface area contributed by atoms with Gasteiger partial charge in [-0.15, -0.1) is 0 Å². The minimum atomic E-state index is -3.59. The fourth-order valence-corrected chi connectivity index (χ4v) is 4.21. The molecule has 0 bridgehead atoms. The van der Waals surface area contributed by atoms with Crippen LogP contribution in [0.5, 0.6) is 5.75 Å². The van der Waals surface area contributed by atoms with Gasteiger partial charge in [-0.1, -0.05) is 13.8 Å². The minimum Gasteiger partial charge on any atom is -0.495 e. The number of nitrogen functional groups attached to an aromatic ring is 1. The van der Waals surface area contributed by atoms with Gasteiger partial charge in [0.25, 0.3) is 0 Å². The van der Waals surface area contributed by atoms with E-state index in [1.165, 1.54) is 19.2 Å². The number of nitrogens with one attached hydrogen (secondary N) is 1. The van der Waals surface area contributed by atoms with E-state index in [0.29, 0.717) is 17.5 Å². The molecule has 20 heavy (non-hydrogen) atoms. The van der Waals surface area contributed by atoms with Gasteiger partial charge in [-0.2, -0.15) is 0 Å². The molecular formula is C14H22N2O3S. The highest BCUT2D eigenvalue weighted by Gasteiger charge is 2.33. The van der Waals surface area contributed by atoms with Gasteiger partial charge < -0.3 is 10.5 Å². The second-order valence-electron chi connectivity index (χ2n) is 5.55. The number of methoxy groups -OCH3 is 1. The van der Waals surface area contributed by atoms with E-state index in [4.69, 9.17) is 10.5 Å². The van der Waals surface area contributed by atoms with Crippen LogP contribution in [0.3, 0.4) is 0 Å². The first kappa shape index (κ1) is 15.1. The molecule has 3 unspecified atom stereocenters. The maximum Gasteiger partial charge on any atom is 0.244 e. The maximum absolute atomic E-state index is 12.5. The van der Waals surface area contributed by atoms with Gasteiger partial charge in [0.2, 0.25) is 10.0 Å². The van der Waals surface area contributed by atoms with Crippen molar-refractivity contribution in [2.24, 2.45) is 11.8 Å². The molecule has 0 amide bonds. The van der Waals surface area contributed by atoms with E-state index in [-0.39, 0.29) is 16.7 Å². The summed E-state index contributed by atoms with van der Waals surface area (Å²) < 4.78 is 32.9. The summed E-state index contributed by atoms with van der Waals surface area (Å²) in [6.07, 6.45) is 1.92. The van der Waals surface area contributed by atoms with Crippen LogP contribution in [-0.2, 0) is 10.0 Å². The number of benzene rings is 1. The van der Waals surface area contributed by atoms with Crippen LogP contribution in [-0.4, -0.2) is 21.6 Å². The summed E-state index contributed by atoms with van der Waals surface area (Å²) in [7, 11) is -2.15. The molecule has 0 heterocycles. The van der Waals surface area contributed by atoms with Crippen molar-refractivity contribution in [2.45, 2.75) is 37.6 Å². The van der Waals surface area contributed by atoms with Gasteiger partial charge in [-0.25, -0.2) is 13.1 Å². The third-order valence-corrected chi connectivity index (χ3v) is 5.78. The molecule has 2 rings (SSSR count). The van der Waals surface area contributed by atoms with Crippen molar-refractivity contribution in [2.75, 3.05) is 12.8 Å². The van der Waals surface area contributed by atoms with Gasteiger partial charge in [-0.05, 0) is 36.8 Å². The highest BCUT2D eigenvalue weighted by Crippen LogP contribution is 2.33. The average Bonchev–Trinajstić information content (AvgIpc) is 2.69. The standard InChI is InChI=1S/C14H22N2O3S/c1-9-4-6-12(10(9)2)16-20(17,18)14-7-5-11(15)8-13(14)19-3/h5,7-10,12,16H,4,6,15H2,1-3H3. The number of anilines is 1. The van der Waals surface area contributed by atoms with Crippen molar-refractivity contribution in [3.05, 3.63) is 18.2 Å². The Labute approximate surface area is 120 Å². The zero-order chi connectivity index (χ0) is 14.9. The molecule has 0 spiro atoms. The number of hydrogen-bond donors (Lipinski definition) is 2. The number of ether oxygens (including phenoxy) is 1. The molecule has 6 heteroatoms. The van der Waals surface area contributed by atoms with Crippen LogP contribution in [0.25, 0.3) is 0 Å². The highest BCUT2D eigenvalue weighted by atomic mass is 32.2. The number of hydrogen-bond acceptors (Lipinski definition) is 4. The smallest absolute Gasteiger partial charge is 0.244 e. The Hall–Kier alpha value is -1.27. The van der Waals surface area contributed by atoms with Crippen LogP contribution in [0.2, 0.25) is 0 Å². The zero-order valence-electron chi connectivity index (χ0n) is 12.1. The van der Waals surface area contributed by atoms with Gasteiger partial charge in [0.15, 0.2) is 0 Å². The maximum atomic E-state index is 12.5. The molecule has 0 radical (unpaired) electrons. The summed E-state index contributed by atoms with van der Waals surface area (Å²) in [6, 6.07) is 4.56. The Morgan fingerprint density at radius 1 is 1.30 bits per heavy atom. The lowest BCUT2D eigenvalue weighted by atomic mass is 9.98. The fraction of sp³-hybridized carbons (Fsp3) is 0.571. The summed E-state index contributed by atoms with van der Waals surface area (Å²) >= 11 is 0. The summed E-state index contributed by atoms with van der Waals surface area (Å²) in [6.45, 7) is 4.24. The second-order valence-corrected chi connectivity index (χ2v) is 7.23. The largest absolute Gasteiger partial charge is 0.495 e. The van der Waals surface area contributed by atoms with Crippen molar-refractivity contribution in [1.29, 1.82) is 0 Å². The molecule has 3 N–H and O–H groups in total. The van der Waals surface area contributed by atoms with Crippen LogP contribution < -0.4 is 15.2 Å². The van der Waals surface area contributed by atoms with E-state index in [1.807, 2.05) is 0 Å². The van der Waals surface area contributed by atoms with E-state index in [2.05, 4.69) is 18.6 Å². The van der Waals surface area contributed by atoms with Crippen molar-refractivity contribution < 1.29 is 13.2 Å². The van der Waals surface area contributed by atoms with Crippen molar-refractivity contribution >= 4 is 15.7 Å². The third-order valence-electron chi connectivity index (χ3n) is 4.25. The first-order chi connectivity index (χ1) is 9.35. The highest BCUT2D eigenvalue weighted by molar-refractivity contribution is 7.89. The van der Waals surface area contributed by atoms with Crippen LogP contribution in [0.4, 0.5) is 5.69 Å². The molecule has 3 atom stereocenters. The van der Waals surface area contributed by atoms with Crippen molar-refractivity contribution in [1.82, 2.24) is 4.72 Å². The Balaban J connectivity index is 2.27. The van der Waals surface area contributed by atoms with Crippen molar-refractivity contribution in [3.8, 4) is 5.75 Å². The lowest BCUT2D eigenvalue weighted by molar-refractivity contribution is 0.394. The third kappa shape index (κ3) is 2.91. The van der Waals surface area contributed by atoms with Crippen LogP contribution in [0, 0.1) is 11.8 Å². The topological polar surface area (TPSA) is 81.4 Å². The predicted molar refractivity (Wildman–Crippen MR) is 79.1 cm³/mol. The molecular weight excluding hydrogens is 276 g/mol. The monoisotopic (exact) mass is 298 g/mol. The number of sulfonamides is 1. The molecule has 1 aromatic carbocycles. The van der Waals surface area contributed by atoms with Crippen LogP contribution in [0.15, 0.2) is 23.1 Å². The van der Waals surface area contributed by atoms with Gasteiger partial charge in [0.05, 0.1) is 7.11 Å². The van der Waals surface area contributed by atoms with Gasteiger partial charge >= 0.3 is 0 Å². The van der Waals surface area contributed by atoms with Crippen LogP contribution in [0.1, 0.15) is 26.7 Å². The molecule has 0 saturated heterocycles.